The first-order valence-corrected chi connectivity index (χ1v) is 5.78. The van der Waals surface area contributed by atoms with Crippen molar-refractivity contribution in [3.63, 3.8) is 0 Å². The molecular weight excluding hydrogens is 222 g/mol. The summed E-state index contributed by atoms with van der Waals surface area (Å²) in [6, 6.07) is 17.5. The van der Waals surface area contributed by atoms with Crippen molar-refractivity contribution in [3.8, 4) is 6.07 Å². The lowest BCUT2D eigenvalue weighted by Gasteiger charge is -2.19. The second-order valence-electron chi connectivity index (χ2n) is 4.09. The molecule has 0 aliphatic heterocycles. The summed E-state index contributed by atoms with van der Waals surface area (Å²) in [6.07, 6.45) is 0. The van der Waals surface area contributed by atoms with Crippen LogP contribution in [-0.4, -0.2) is 7.05 Å². The van der Waals surface area contributed by atoms with Gasteiger partial charge in [-0.3, -0.25) is 0 Å². The summed E-state index contributed by atoms with van der Waals surface area (Å²) in [5.74, 6) is 0. The monoisotopic (exact) mass is 237 g/mol. The molecule has 1 unspecified atom stereocenters. The van der Waals surface area contributed by atoms with E-state index >= 15 is 0 Å². The quantitative estimate of drug-likeness (QED) is 0.806. The molecule has 1 atom stereocenters. The van der Waals surface area contributed by atoms with Gasteiger partial charge in [0.25, 0.3) is 0 Å². The van der Waals surface area contributed by atoms with Crippen molar-refractivity contribution >= 4 is 5.69 Å². The van der Waals surface area contributed by atoms with Crippen molar-refractivity contribution in [2.45, 2.75) is 6.04 Å². The van der Waals surface area contributed by atoms with E-state index in [-0.39, 0.29) is 6.04 Å². The number of hydrogen-bond donors (Lipinski definition) is 2. The Morgan fingerprint density at radius 3 is 2.61 bits per heavy atom. The van der Waals surface area contributed by atoms with Gasteiger partial charge in [0.1, 0.15) is 0 Å². The predicted octanol–water partition coefficient (Wildman–Crippen LogP) is 2.45. The minimum absolute atomic E-state index is 0.000463. The zero-order valence-electron chi connectivity index (χ0n) is 10.2. The number of nitrogens with one attached hydrogen (secondary N) is 1. The molecule has 18 heavy (non-hydrogen) atoms. The van der Waals surface area contributed by atoms with Gasteiger partial charge in [-0.25, -0.2) is 0 Å². The Kier molecular flexibility index (Phi) is 3.61. The van der Waals surface area contributed by atoms with Gasteiger partial charge < -0.3 is 11.1 Å². The molecule has 0 radical (unpaired) electrons. The SMILES string of the molecule is CNC(c1cccc(C#N)c1)c1ccccc1N. The highest BCUT2D eigenvalue weighted by Gasteiger charge is 2.14. The minimum atomic E-state index is -0.000463. The lowest BCUT2D eigenvalue weighted by atomic mass is 9.96. The lowest BCUT2D eigenvalue weighted by Crippen LogP contribution is -2.19. The molecule has 3 heteroatoms. The topological polar surface area (TPSA) is 61.8 Å². The van der Waals surface area contributed by atoms with Crippen LogP contribution in [0.2, 0.25) is 0 Å². The molecule has 0 bridgehead atoms. The molecular formula is C15H15N3. The van der Waals surface area contributed by atoms with Crippen LogP contribution in [0, 0.1) is 11.3 Å². The van der Waals surface area contributed by atoms with Gasteiger partial charge in [-0.15, -0.1) is 0 Å². The minimum Gasteiger partial charge on any atom is -0.398 e. The normalized spacial score (nSPS) is 11.8. The number of anilines is 1. The van der Waals surface area contributed by atoms with Gasteiger partial charge >= 0.3 is 0 Å². The van der Waals surface area contributed by atoms with Crippen LogP contribution in [0.1, 0.15) is 22.7 Å². The molecule has 0 spiro atoms. The third kappa shape index (κ3) is 2.34. The molecule has 2 aromatic rings. The standard InChI is InChI=1S/C15H15N3/c1-18-15(13-7-2-3-8-14(13)17)12-6-4-5-11(9-12)10-16/h2-9,15,18H,17H2,1H3. The molecule has 2 aromatic carbocycles. The van der Waals surface area contributed by atoms with E-state index in [9.17, 15) is 0 Å². The van der Waals surface area contributed by atoms with Gasteiger partial charge in [-0.05, 0) is 36.4 Å². The summed E-state index contributed by atoms with van der Waals surface area (Å²) in [5.41, 5.74) is 9.46. The van der Waals surface area contributed by atoms with Gasteiger partial charge in [0.2, 0.25) is 0 Å². The van der Waals surface area contributed by atoms with Crippen LogP contribution in [0.15, 0.2) is 48.5 Å². The predicted molar refractivity (Wildman–Crippen MR) is 72.9 cm³/mol. The molecule has 0 saturated heterocycles. The molecule has 0 heterocycles. The zero-order chi connectivity index (χ0) is 13.0. The third-order valence-corrected chi connectivity index (χ3v) is 2.94. The first-order chi connectivity index (χ1) is 8.76. The molecule has 0 aliphatic rings. The number of nitrogens with zero attached hydrogens (tertiary/aromatic N) is 1. The van der Waals surface area contributed by atoms with Crippen LogP contribution in [0.5, 0.6) is 0 Å². The first kappa shape index (κ1) is 12.2. The second-order valence-corrected chi connectivity index (χ2v) is 4.09. The Balaban J connectivity index is 2.46. The number of nitrogen functional groups attached to an aromatic ring is 1. The van der Waals surface area contributed by atoms with Crippen LogP contribution in [0.4, 0.5) is 5.69 Å². The molecule has 0 fully saturated rings. The highest BCUT2D eigenvalue weighted by molar-refractivity contribution is 5.51. The average Bonchev–Trinajstić information content (AvgIpc) is 2.42. The van der Waals surface area contributed by atoms with Crippen molar-refractivity contribution in [3.05, 3.63) is 65.2 Å². The van der Waals surface area contributed by atoms with Crippen LogP contribution < -0.4 is 11.1 Å². The van der Waals surface area contributed by atoms with Crippen LogP contribution >= 0.6 is 0 Å². The first-order valence-electron chi connectivity index (χ1n) is 5.78. The Hall–Kier alpha value is -2.31. The highest BCUT2D eigenvalue weighted by Crippen LogP contribution is 2.26. The maximum atomic E-state index is 8.95. The molecule has 3 nitrogen and oxygen atoms in total. The molecule has 90 valence electrons. The van der Waals surface area contributed by atoms with Gasteiger partial charge in [0, 0.05) is 5.69 Å². The summed E-state index contributed by atoms with van der Waals surface area (Å²) in [4.78, 5) is 0. The van der Waals surface area contributed by atoms with Crippen molar-refractivity contribution in [2.24, 2.45) is 0 Å². The maximum absolute atomic E-state index is 8.95. The number of nitriles is 1. The van der Waals surface area contributed by atoms with Crippen LogP contribution in [0.25, 0.3) is 0 Å². The van der Waals surface area contributed by atoms with E-state index in [0.29, 0.717) is 5.56 Å². The summed E-state index contributed by atoms with van der Waals surface area (Å²) < 4.78 is 0. The van der Waals surface area contributed by atoms with E-state index in [4.69, 9.17) is 11.0 Å². The third-order valence-electron chi connectivity index (χ3n) is 2.94. The molecule has 0 aromatic heterocycles. The molecule has 0 amide bonds. The van der Waals surface area contributed by atoms with E-state index in [1.807, 2.05) is 49.5 Å². The van der Waals surface area contributed by atoms with E-state index in [1.54, 1.807) is 6.07 Å². The zero-order valence-corrected chi connectivity index (χ0v) is 10.2. The Morgan fingerprint density at radius 2 is 1.94 bits per heavy atom. The number of rotatable bonds is 3. The van der Waals surface area contributed by atoms with Crippen molar-refractivity contribution in [2.75, 3.05) is 12.8 Å². The summed E-state index contributed by atoms with van der Waals surface area (Å²) >= 11 is 0. The Morgan fingerprint density at radius 1 is 1.17 bits per heavy atom. The Labute approximate surface area is 107 Å². The van der Waals surface area contributed by atoms with Crippen molar-refractivity contribution in [1.82, 2.24) is 5.32 Å². The summed E-state index contributed by atoms with van der Waals surface area (Å²) in [7, 11) is 1.89. The van der Waals surface area contributed by atoms with E-state index in [2.05, 4.69) is 11.4 Å². The van der Waals surface area contributed by atoms with E-state index in [0.717, 1.165) is 16.8 Å². The van der Waals surface area contributed by atoms with Crippen LogP contribution in [-0.2, 0) is 0 Å². The number of para-hydroxylation sites is 1. The van der Waals surface area contributed by atoms with Gasteiger partial charge in [0.05, 0.1) is 17.7 Å². The maximum Gasteiger partial charge on any atom is 0.0991 e. The van der Waals surface area contributed by atoms with Gasteiger partial charge in [-0.1, -0.05) is 30.3 Å². The van der Waals surface area contributed by atoms with Crippen molar-refractivity contribution in [1.29, 1.82) is 5.26 Å². The van der Waals surface area contributed by atoms with E-state index in [1.165, 1.54) is 0 Å². The number of benzene rings is 2. The highest BCUT2D eigenvalue weighted by atomic mass is 14.9. The molecule has 0 saturated carbocycles. The fourth-order valence-electron chi connectivity index (χ4n) is 2.06. The van der Waals surface area contributed by atoms with Gasteiger partial charge in [-0.2, -0.15) is 5.26 Å². The smallest absolute Gasteiger partial charge is 0.0991 e. The molecule has 0 aliphatic carbocycles. The molecule has 3 N–H and O–H groups in total. The fourth-order valence-corrected chi connectivity index (χ4v) is 2.06. The summed E-state index contributed by atoms with van der Waals surface area (Å²) in [5, 5.41) is 12.2. The fraction of sp³-hybridized carbons (Fsp3) is 0.133. The van der Waals surface area contributed by atoms with Crippen molar-refractivity contribution < 1.29 is 0 Å². The number of nitrogens with two attached hydrogens (primary N) is 1. The lowest BCUT2D eigenvalue weighted by molar-refractivity contribution is 0.693. The largest absolute Gasteiger partial charge is 0.398 e. The second kappa shape index (κ2) is 5.35. The average molecular weight is 237 g/mol. The molecule has 2 rings (SSSR count). The Bertz CT molecular complexity index is 584. The van der Waals surface area contributed by atoms with Crippen LogP contribution in [0.3, 0.4) is 0 Å². The summed E-state index contributed by atoms with van der Waals surface area (Å²) in [6.45, 7) is 0. The van der Waals surface area contributed by atoms with E-state index < -0.39 is 0 Å². The van der Waals surface area contributed by atoms with Gasteiger partial charge in [0.15, 0.2) is 0 Å². The number of hydrogen-bond acceptors (Lipinski definition) is 3.